The van der Waals surface area contributed by atoms with Crippen molar-refractivity contribution in [2.24, 2.45) is 0 Å². The fourth-order valence-corrected chi connectivity index (χ4v) is 2.83. The minimum atomic E-state index is -4.70. The molecule has 1 aromatic heterocycles. The van der Waals surface area contributed by atoms with Gasteiger partial charge in [0.1, 0.15) is 12.4 Å². The van der Waals surface area contributed by atoms with Crippen molar-refractivity contribution in [3.05, 3.63) is 58.6 Å². The van der Waals surface area contributed by atoms with Gasteiger partial charge in [0.25, 0.3) is 0 Å². The summed E-state index contributed by atoms with van der Waals surface area (Å²) in [7, 11) is 0. The lowest BCUT2D eigenvalue weighted by Crippen LogP contribution is -2.23. The molecule has 3 rings (SSSR count). The van der Waals surface area contributed by atoms with E-state index in [-0.39, 0.29) is 21.2 Å². The number of aromatic nitrogens is 2. The van der Waals surface area contributed by atoms with Crippen LogP contribution in [-0.4, -0.2) is 15.5 Å². The summed E-state index contributed by atoms with van der Waals surface area (Å²) in [5.41, 5.74) is 0.595. The molecule has 0 saturated heterocycles. The van der Waals surface area contributed by atoms with Crippen LogP contribution in [0.2, 0.25) is 0 Å². The van der Waals surface area contributed by atoms with Crippen LogP contribution in [-0.2, 0) is 17.5 Å². The van der Waals surface area contributed by atoms with Gasteiger partial charge in [-0.3, -0.25) is 4.79 Å². The second kappa shape index (κ2) is 6.47. The summed E-state index contributed by atoms with van der Waals surface area (Å²) in [5, 5.41) is 2.45. The molecule has 0 aliphatic carbocycles. The van der Waals surface area contributed by atoms with Gasteiger partial charge in [0.2, 0.25) is 11.7 Å². The second-order valence-electron chi connectivity index (χ2n) is 5.18. The fourth-order valence-electron chi connectivity index (χ4n) is 2.38. The highest BCUT2D eigenvalue weighted by Gasteiger charge is 2.38. The van der Waals surface area contributed by atoms with Crippen molar-refractivity contribution in [1.82, 2.24) is 9.55 Å². The molecule has 0 unspecified atom stereocenters. The molecule has 0 radical (unpaired) electrons. The summed E-state index contributed by atoms with van der Waals surface area (Å²) >= 11 is 3.09. The molecular weight excluding hydrogens is 406 g/mol. The molecule has 2 aromatic carbocycles. The van der Waals surface area contributed by atoms with Crippen LogP contribution in [0.25, 0.3) is 11.0 Å². The van der Waals surface area contributed by atoms with E-state index in [1.165, 1.54) is 18.2 Å². The molecule has 0 atom stereocenters. The van der Waals surface area contributed by atoms with E-state index >= 15 is 0 Å². The molecule has 9 heteroatoms. The predicted octanol–water partition coefficient (Wildman–Crippen LogP) is 4.60. The molecule has 0 bridgehead atoms. The Kier molecular flexibility index (Phi) is 4.51. The summed E-state index contributed by atoms with van der Waals surface area (Å²) in [6.07, 6.45) is -4.70. The molecule has 130 valence electrons. The van der Waals surface area contributed by atoms with Crippen molar-refractivity contribution in [3.8, 4) is 0 Å². The smallest absolute Gasteiger partial charge is 0.324 e. The molecule has 1 heterocycles. The van der Waals surface area contributed by atoms with Crippen molar-refractivity contribution in [2.75, 3.05) is 5.32 Å². The molecule has 3 aromatic rings. The molecular formula is C16H10BrF4N3O. The van der Waals surface area contributed by atoms with Gasteiger partial charge in [-0.25, -0.2) is 9.37 Å². The maximum absolute atomic E-state index is 13.2. The number of hydrogen-bond donors (Lipinski definition) is 1. The van der Waals surface area contributed by atoms with Crippen LogP contribution in [0.1, 0.15) is 5.82 Å². The van der Waals surface area contributed by atoms with Crippen LogP contribution in [0.3, 0.4) is 0 Å². The first-order valence-electron chi connectivity index (χ1n) is 7.03. The van der Waals surface area contributed by atoms with E-state index in [0.717, 1.165) is 16.7 Å². The molecule has 0 aliphatic heterocycles. The van der Waals surface area contributed by atoms with Crippen molar-refractivity contribution >= 4 is 38.6 Å². The number of anilines is 1. The third-order valence-electron chi connectivity index (χ3n) is 3.42. The van der Waals surface area contributed by atoms with Crippen molar-refractivity contribution in [3.63, 3.8) is 0 Å². The average Bonchev–Trinajstić information content (AvgIpc) is 2.89. The zero-order chi connectivity index (χ0) is 18.2. The van der Waals surface area contributed by atoms with Gasteiger partial charge in [0, 0.05) is 4.47 Å². The summed E-state index contributed by atoms with van der Waals surface area (Å²) in [6, 6.07) is 9.62. The lowest BCUT2D eigenvalue weighted by atomic mass is 10.3. The standard InChI is InChI=1S/C16H10BrF4N3O/c17-10-7-9(18)5-6-11(10)22-14(25)8-24-13-4-2-1-3-12(13)23-15(24)16(19,20)21/h1-7H,8H2,(H,22,25). The maximum Gasteiger partial charge on any atom is 0.449 e. The number of imidazole rings is 1. The average molecular weight is 416 g/mol. The highest BCUT2D eigenvalue weighted by atomic mass is 79.9. The number of nitrogens with zero attached hydrogens (tertiary/aromatic N) is 2. The summed E-state index contributed by atoms with van der Waals surface area (Å²) in [4.78, 5) is 15.8. The minimum absolute atomic E-state index is 0.144. The quantitative estimate of drug-likeness (QED) is 0.635. The number of fused-ring (bicyclic) bond motifs is 1. The molecule has 1 N–H and O–H groups in total. The Hall–Kier alpha value is -2.42. The zero-order valence-corrected chi connectivity index (χ0v) is 14.0. The molecule has 1 amide bonds. The van der Waals surface area contributed by atoms with Crippen LogP contribution in [0, 0.1) is 5.82 Å². The lowest BCUT2D eigenvalue weighted by molar-refractivity contribution is -0.147. The summed E-state index contributed by atoms with van der Waals surface area (Å²) in [6.45, 7) is -0.584. The van der Waals surface area contributed by atoms with Gasteiger partial charge >= 0.3 is 6.18 Å². The third-order valence-corrected chi connectivity index (χ3v) is 4.07. The monoisotopic (exact) mass is 415 g/mol. The van der Waals surface area contributed by atoms with Gasteiger partial charge < -0.3 is 9.88 Å². The largest absolute Gasteiger partial charge is 0.449 e. The van der Waals surface area contributed by atoms with Gasteiger partial charge in [-0.15, -0.1) is 0 Å². The van der Waals surface area contributed by atoms with Gasteiger partial charge in [0.05, 0.1) is 16.7 Å². The molecule has 0 saturated carbocycles. The Morgan fingerprint density at radius 3 is 2.60 bits per heavy atom. The van der Waals surface area contributed by atoms with E-state index in [9.17, 15) is 22.4 Å². The van der Waals surface area contributed by atoms with E-state index in [1.54, 1.807) is 12.1 Å². The number of halogens is 5. The first-order chi connectivity index (χ1) is 11.8. The van der Waals surface area contributed by atoms with Gasteiger partial charge in [0.15, 0.2) is 0 Å². The SMILES string of the molecule is O=C(Cn1c(C(F)(F)F)nc2ccccc21)Nc1ccc(F)cc1Br. The molecule has 25 heavy (non-hydrogen) atoms. The number of benzene rings is 2. The number of carbonyl (C=O) groups is 1. The maximum atomic E-state index is 13.2. The number of hydrogen-bond acceptors (Lipinski definition) is 2. The summed E-state index contributed by atoms with van der Waals surface area (Å²) in [5.74, 6) is -2.35. The fraction of sp³-hybridized carbons (Fsp3) is 0.125. The van der Waals surface area contributed by atoms with Crippen LogP contribution in [0.15, 0.2) is 46.9 Å². The molecule has 0 spiro atoms. The van der Waals surface area contributed by atoms with Crippen molar-refractivity contribution in [2.45, 2.75) is 12.7 Å². The van der Waals surface area contributed by atoms with Gasteiger partial charge in [-0.2, -0.15) is 13.2 Å². The first kappa shape index (κ1) is 17.4. The van der Waals surface area contributed by atoms with Gasteiger partial charge in [-0.05, 0) is 46.3 Å². The predicted molar refractivity (Wildman–Crippen MR) is 87.5 cm³/mol. The highest BCUT2D eigenvalue weighted by molar-refractivity contribution is 9.10. The van der Waals surface area contributed by atoms with E-state index in [0.29, 0.717) is 0 Å². The number of rotatable bonds is 3. The van der Waals surface area contributed by atoms with Crippen LogP contribution >= 0.6 is 15.9 Å². The van der Waals surface area contributed by atoms with Crippen LogP contribution in [0.5, 0.6) is 0 Å². The number of alkyl halides is 3. The van der Waals surface area contributed by atoms with E-state index in [4.69, 9.17) is 0 Å². The molecule has 0 fully saturated rings. The van der Waals surface area contributed by atoms with Crippen LogP contribution < -0.4 is 5.32 Å². The second-order valence-corrected chi connectivity index (χ2v) is 6.03. The van der Waals surface area contributed by atoms with E-state index in [2.05, 4.69) is 26.2 Å². The Bertz CT molecular complexity index is 952. The van der Waals surface area contributed by atoms with Gasteiger partial charge in [-0.1, -0.05) is 12.1 Å². The van der Waals surface area contributed by atoms with E-state index in [1.807, 2.05) is 0 Å². The van der Waals surface area contributed by atoms with Crippen molar-refractivity contribution < 1.29 is 22.4 Å². The van der Waals surface area contributed by atoms with E-state index < -0.39 is 30.3 Å². The Morgan fingerprint density at radius 2 is 1.92 bits per heavy atom. The lowest BCUT2D eigenvalue weighted by Gasteiger charge is -2.12. The molecule has 0 aliphatic rings. The number of nitrogens with one attached hydrogen (secondary N) is 1. The third kappa shape index (κ3) is 3.65. The molecule has 4 nitrogen and oxygen atoms in total. The minimum Gasteiger partial charge on any atom is -0.324 e. The highest BCUT2D eigenvalue weighted by Crippen LogP contribution is 2.31. The topological polar surface area (TPSA) is 46.9 Å². The normalized spacial score (nSPS) is 11.7. The number of amides is 1. The zero-order valence-electron chi connectivity index (χ0n) is 12.4. The van der Waals surface area contributed by atoms with Crippen LogP contribution in [0.4, 0.5) is 23.2 Å². The Labute approximate surface area is 147 Å². The first-order valence-corrected chi connectivity index (χ1v) is 7.82. The number of para-hydroxylation sites is 2. The van der Waals surface area contributed by atoms with Crippen molar-refractivity contribution in [1.29, 1.82) is 0 Å². The Morgan fingerprint density at radius 1 is 1.20 bits per heavy atom. The Balaban J connectivity index is 1.93. The number of carbonyl (C=O) groups excluding carboxylic acids is 1. The summed E-state index contributed by atoms with van der Waals surface area (Å²) < 4.78 is 53.8.